The molecule has 0 unspecified atom stereocenters. The summed E-state index contributed by atoms with van der Waals surface area (Å²) in [6.45, 7) is 0. The molecule has 2 heterocycles. The zero-order chi connectivity index (χ0) is 12.4. The predicted molar refractivity (Wildman–Crippen MR) is 72.6 cm³/mol. The third-order valence-corrected chi connectivity index (χ3v) is 4.19. The van der Waals surface area contributed by atoms with E-state index in [1.54, 1.807) is 22.2 Å². The third-order valence-electron chi connectivity index (χ3n) is 3.41. The van der Waals surface area contributed by atoms with E-state index in [1.165, 1.54) is 32.1 Å². The Morgan fingerprint density at radius 3 is 2.89 bits per heavy atom. The average molecular weight is 263 g/mol. The highest BCUT2D eigenvalue weighted by atomic mass is 32.1. The number of hydrogen-bond acceptors (Lipinski definition) is 5. The van der Waals surface area contributed by atoms with Crippen molar-refractivity contribution in [3.8, 4) is 11.4 Å². The Morgan fingerprint density at radius 1 is 1.33 bits per heavy atom. The quantitative estimate of drug-likeness (QED) is 0.925. The first-order valence-electron chi connectivity index (χ1n) is 6.40. The van der Waals surface area contributed by atoms with Crippen LogP contribution in [0.15, 0.2) is 11.6 Å². The van der Waals surface area contributed by atoms with Gasteiger partial charge in [-0.15, -0.1) is 16.4 Å². The summed E-state index contributed by atoms with van der Waals surface area (Å²) >= 11 is 1.66. The fourth-order valence-electron chi connectivity index (χ4n) is 2.40. The Bertz CT molecular complexity index is 512. The van der Waals surface area contributed by atoms with Crippen molar-refractivity contribution in [2.45, 2.75) is 38.1 Å². The number of anilines is 1. The maximum Gasteiger partial charge on any atom is 0.183 e. The molecule has 1 fully saturated rings. The minimum Gasteiger partial charge on any atom is -0.359 e. The first-order chi connectivity index (χ1) is 8.83. The van der Waals surface area contributed by atoms with Gasteiger partial charge in [-0.25, -0.2) is 9.67 Å². The van der Waals surface area contributed by atoms with E-state index in [0.717, 1.165) is 16.5 Å². The minimum absolute atomic E-state index is 0.599. The average Bonchev–Trinajstić information content (AvgIpc) is 2.99. The lowest BCUT2D eigenvalue weighted by Crippen LogP contribution is -2.21. The molecule has 1 aliphatic carbocycles. The summed E-state index contributed by atoms with van der Waals surface area (Å²) in [6.07, 6.45) is 8.33. The van der Waals surface area contributed by atoms with Crippen LogP contribution in [0.2, 0.25) is 0 Å². The molecule has 0 spiro atoms. The van der Waals surface area contributed by atoms with Gasteiger partial charge in [0.25, 0.3) is 0 Å². The van der Waals surface area contributed by atoms with E-state index in [0.29, 0.717) is 6.04 Å². The lowest BCUT2D eigenvalue weighted by Gasteiger charge is -2.22. The SMILES string of the molecule is Cn1nncc1-c1csc(NC2CCCCC2)n1. The Labute approximate surface area is 110 Å². The molecule has 18 heavy (non-hydrogen) atoms. The van der Waals surface area contributed by atoms with Crippen LogP contribution in [0.1, 0.15) is 32.1 Å². The first kappa shape index (κ1) is 11.6. The summed E-state index contributed by atoms with van der Waals surface area (Å²) in [5.74, 6) is 0. The summed E-state index contributed by atoms with van der Waals surface area (Å²) in [6, 6.07) is 0.599. The van der Waals surface area contributed by atoms with Gasteiger partial charge in [0.1, 0.15) is 11.4 Å². The molecule has 3 rings (SSSR count). The van der Waals surface area contributed by atoms with E-state index in [1.807, 2.05) is 7.05 Å². The minimum atomic E-state index is 0.599. The Balaban J connectivity index is 1.71. The molecule has 2 aromatic heterocycles. The lowest BCUT2D eigenvalue weighted by atomic mass is 9.96. The van der Waals surface area contributed by atoms with Crippen LogP contribution in [0.4, 0.5) is 5.13 Å². The number of thiazole rings is 1. The van der Waals surface area contributed by atoms with Gasteiger partial charge in [-0.2, -0.15) is 0 Å². The molecule has 6 heteroatoms. The number of aromatic nitrogens is 4. The third kappa shape index (κ3) is 2.38. The molecule has 96 valence electrons. The van der Waals surface area contributed by atoms with Gasteiger partial charge in [-0.05, 0) is 12.8 Å². The highest BCUT2D eigenvalue weighted by molar-refractivity contribution is 7.14. The second-order valence-corrected chi connectivity index (χ2v) is 5.62. The lowest BCUT2D eigenvalue weighted by molar-refractivity contribution is 0.462. The maximum atomic E-state index is 4.61. The number of aryl methyl sites for hydroxylation is 1. The predicted octanol–water partition coefficient (Wildman–Crippen LogP) is 2.68. The molecule has 2 aromatic rings. The summed E-state index contributed by atoms with van der Waals surface area (Å²) < 4.78 is 1.75. The van der Waals surface area contributed by atoms with Gasteiger partial charge in [0, 0.05) is 18.5 Å². The monoisotopic (exact) mass is 263 g/mol. The molecule has 5 nitrogen and oxygen atoms in total. The molecule has 0 aliphatic heterocycles. The highest BCUT2D eigenvalue weighted by Crippen LogP contribution is 2.27. The second-order valence-electron chi connectivity index (χ2n) is 4.76. The molecule has 1 aliphatic rings. The first-order valence-corrected chi connectivity index (χ1v) is 7.28. The molecule has 0 atom stereocenters. The zero-order valence-corrected chi connectivity index (χ0v) is 11.3. The van der Waals surface area contributed by atoms with E-state index < -0.39 is 0 Å². The normalized spacial score (nSPS) is 16.9. The van der Waals surface area contributed by atoms with Gasteiger partial charge in [0.15, 0.2) is 5.13 Å². The molecular formula is C12H17N5S. The summed E-state index contributed by atoms with van der Waals surface area (Å²) in [5, 5.41) is 14.4. The van der Waals surface area contributed by atoms with E-state index in [-0.39, 0.29) is 0 Å². The van der Waals surface area contributed by atoms with Crippen LogP contribution in [-0.4, -0.2) is 26.0 Å². The number of rotatable bonds is 3. The molecule has 0 radical (unpaired) electrons. The number of nitrogens with zero attached hydrogens (tertiary/aromatic N) is 4. The smallest absolute Gasteiger partial charge is 0.183 e. The Hall–Kier alpha value is -1.43. The van der Waals surface area contributed by atoms with Gasteiger partial charge >= 0.3 is 0 Å². The molecular weight excluding hydrogens is 246 g/mol. The van der Waals surface area contributed by atoms with Crippen LogP contribution < -0.4 is 5.32 Å². The van der Waals surface area contributed by atoms with Gasteiger partial charge < -0.3 is 5.32 Å². The summed E-state index contributed by atoms with van der Waals surface area (Å²) in [4.78, 5) is 4.61. The highest BCUT2D eigenvalue weighted by Gasteiger charge is 2.15. The molecule has 1 saturated carbocycles. The second kappa shape index (κ2) is 5.06. The maximum absolute atomic E-state index is 4.61. The Kier molecular flexibility index (Phi) is 3.27. The van der Waals surface area contributed by atoms with Crippen molar-refractivity contribution in [1.82, 2.24) is 20.0 Å². The van der Waals surface area contributed by atoms with Gasteiger partial charge in [0.2, 0.25) is 0 Å². The van der Waals surface area contributed by atoms with Crippen LogP contribution in [0.3, 0.4) is 0 Å². The van der Waals surface area contributed by atoms with E-state index in [2.05, 4.69) is 26.0 Å². The molecule has 1 N–H and O–H groups in total. The zero-order valence-electron chi connectivity index (χ0n) is 10.5. The number of hydrogen-bond donors (Lipinski definition) is 1. The molecule has 0 aromatic carbocycles. The molecule has 0 amide bonds. The fourth-order valence-corrected chi connectivity index (χ4v) is 3.18. The van der Waals surface area contributed by atoms with E-state index >= 15 is 0 Å². The van der Waals surface area contributed by atoms with Gasteiger partial charge in [0.05, 0.1) is 6.20 Å². The van der Waals surface area contributed by atoms with E-state index in [4.69, 9.17) is 0 Å². The van der Waals surface area contributed by atoms with Crippen molar-refractivity contribution in [1.29, 1.82) is 0 Å². The fraction of sp³-hybridized carbons (Fsp3) is 0.583. The standard InChI is InChI=1S/C12H17N5S/c1-17-11(7-13-16-17)10-8-18-12(15-10)14-9-5-3-2-4-6-9/h7-9H,2-6H2,1H3,(H,14,15). The number of nitrogens with one attached hydrogen (secondary N) is 1. The molecule has 0 bridgehead atoms. The topological polar surface area (TPSA) is 55.6 Å². The van der Waals surface area contributed by atoms with Crippen molar-refractivity contribution in [2.24, 2.45) is 7.05 Å². The van der Waals surface area contributed by atoms with Crippen LogP contribution in [0.25, 0.3) is 11.4 Å². The van der Waals surface area contributed by atoms with Gasteiger partial charge in [-0.1, -0.05) is 24.5 Å². The summed E-state index contributed by atoms with van der Waals surface area (Å²) in [7, 11) is 1.88. The largest absolute Gasteiger partial charge is 0.359 e. The van der Waals surface area contributed by atoms with Crippen molar-refractivity contribution in [3.63, 3.8) is 0 Å². The van der Waals surface area contributed by atoms with Crippen LogP contribution in [-0.2, 0) is 7.05 Å². The van der Waals surface area contributed by atoms with Gasteiger partial charge in [-0.3, -0.25) is 0 Å². The van der Waals surface area contributed by atoms with Crippen LogP contribution in [0.5, 0.6) is 0 Å². The van der Waals surface area contributed by atoms with Crippen molar-refractivity contribution in [3.05, 3.63) is 11.6 Å². The Morgan fingerprint density at radius 2 is 2.17 bits per heavy atom. The van der Waals surface area contributed by atoms with Crippen molar-refractivity contribution < 1.29 is 0 Å². The van der Waals surface area contributed by atoms with Crippen LogP contribution in [0, 0.1) is 0 Å². The summed E-state index contributed by atoms with van der Waals surface area (Å²) in [5.41, 5.74) is 1.91. The van der Waals surface area contributed by atoms with Crippen LogP contribution >= 0.6 is 11.3 Å². The van der Waals surface area contributed by atoms with Crippen molar-refractivity contribution in [2.75, 3.05) is 5.32 Å². The molecule has 0 saturated heterocycles. The van der Waals surface area contributed by atoms with E-state index in [9.17, 15) is 0 Å². The van der Waals surface area contributed by atoms with Crippen molar-refractivity contribution >= 4 is 16.5 Å².